The molecule has 1 aromatic rings. The number of benzene rings is 1. The molecule has 19 heavy (non-hydrogen) atoms. The molecule has 0 spiro atoms. The highest BCUT2D eigenvalue weighted by molar-refractivity contribution is 9.10. The lowest BCUT2D eigenvalue weighted by atomic mass is 9.91. The summed E-state index contributed by atoms with van der Waals surface area (Å²) in [4.78, 5) is 2.39. The fourth-order valence-electron chi connectivity index (χ4n) is 2.59. The lowest BCUT2D eigenvalue weighted by Gasteiger charge is -2.37. The van der Waals surface area contributed by atoms with Crippen LogP contribution in [0.15, 0.2) is 28.7 Å². The van der Waals surface area contributed by atoms with Crippen LogP contribution in [0.3, 0.4) is 0 Å². The molecule has 2 rings (SSSR count). The Morgan fingerprint density at radius 3 is 2.63 bits per heavy atom. The lowest BCUT2D eigenvalue weighted by molar-refractivity contribution is 0.0982. The number of aliphatic hydroxyl groups is 1. The summed E-state index contributed by atoms with van der Waals surface area (Å²) in [6.45, 7) is 1.97. The van der Waals surface area contributed by atoms with E-state index in [0.29, 0.717) is 6.04 Å². The first-order valence-corrected chi connectivity index (χ1v) is 7.86. The van der Waals surface area contributed by atoms with Crippen LogP contribution in [0.1, 0.15) is 37.3 Å². The first-order chi connectivity index (χ1) is 9.22. The van der Waals surface area contributed by atoms with Crippen LogP contribution in [-0.4, -0.2) is 35.7 Å². The molecule has 0 aliphatic heterocycles. The van der Waals surface area contributed by atoms with Gasteiger partial charge in [-0.1, -0.05) is 40.5 Å². The van der Waals surface area contributed by atoms with Gasteiger partial charge in [-0.25, -0.2) is 0 Å². The van der Waals surface area contributed by atoms with Gasteiger partial charge < -0.3 is 10.8 Å². The summed E-state index contributed by atoms with van der Waals surface area (Å²) in [5.41, 5.74) is 7.45. The Labute approximate surface area is 123 Å². The minimum Gasteiger partial charge on any atom is -0.395 e. The Morgan fingerprint density at radius 2 is 2.05 bits per heavy atom. The van der Waals surface area contributed by atoms with Gasteiger partial charge in [-0.3, -0.25) is 4.90 Å². The highest BCUT2D eigenvalue weighted by Gasteiger charge is 2.24. The average molecular weight is 327 g/mol. The summed E-state index contributed by atoms with van der Waals surface area (Å²) in [6.07, 6.45) is 4.79. The van der Waals surface area contributed by atoms with E-state index in [1.54, 1.807) is 0 Å². The number of nitrogens with two attached hydrogens (primary N) is 1. The van der Waals surface area contributed by atoms with E-state index in [1.165, 1.54) is 24.8 Å². The first kappa shape index (κ1) is 15.0. The molecule has 0 heterocycles. The molecule has 0 aromatic heterocycles. The minimum absolute atomic E-state index is 0.0526. The Kier molecular flexibility index (Phi) is 5.82. The Balaban J connectivity index is 1.87. The zero-order chi connectivity index (χ0) is 13.7. The molecule has 0 saturated heterocycles. The topological polar surface area (TPSA) is 49.5 Å². The minimum atomic E-state index is 0.0526. The number of hydrogen-bond acceptors (Lipinski definition) is 3. The molecule has 0 radical (unpaired) electrons. The van der Waals surface area contributed by atoms with Crippen LogP contribution in [0.2, 0.25) is 0 Å². The van der Waals surface area contributed by atoms with E-state index < -0.39 is 0 Å². The van der Waals surface area contributed by atoms with Crippen molar-refractivity contribution >= 4 is 15.9 Å². The van der Waals surface area contributed by atoms with Crippen molar-refractivity contribution in [2.24, 2.45) is 5.73 Å². The fourth-order valence-corrected chi connectivity index (χ4v) is 3.17. The van der Waals surface area contributed by atoms with Crippen LogP contribution in [0, 0.1) is 0 Å². The molecule has 0 bridgehead atoms. The van der Waals surface area contributed by atoms with Gasteiger partial charge >= 0.3 is 0 Å². The van der Waals surface area contributed by atoms with Crippen LogP contribution in [0.25, 0.3) is 0 Å². The van der Waals surface area contributed by atoms with Gasteiger partial charge in [-0.15, -0.1) is 0 Å². The molecule has 1 saturated carbocycles. The van der Waals surface area contributed by atoms with Crippen molar-refractivity contribution in [1.82, 2.24) is 4.90 Å². The number of halogens is 1. The molecular weight excluding hydrogens is 304 g/mol. The molecule has 1 fully saturated rings. The fraction of sp³-hybridized carbons (Fsp3) is 0.600. The monoisotopic (exact) mass is 326 g/mol. The normalized spacial score (nSPS) is 17.5. The third kappa shape index (κ3) is 4.02. The van der Waals surface area contributed by atoms with Crippen LogP contribution in [-0.2, 0) is 0 Å². The second-order valence-electron chi connectivity index (χ2n) is 5.26. The van der Waals surface area contributed by atoms with E-state index in [4.69, 9.17) is 10.8 Å². The maximum atomic E-state index is 9.15. The molecule has 1 aromatic carbocycles. The van der Waals surface area contributed by atoms with Gasteiger partial charge in [0.1, 0.15) is 0 Å². The van der Waals surface area contributed by atoms with E-state index in [-0.39, 0.29) is 12.6 Å². The molecule has 3 N–H and O–H groups in total. The molecule has 3 nitrogen and oxygen atoms in total. The number of hydrogen-bond donors (Lipinski definition) is 2. The Morgan fingerprint density at radius 1 is 1.32 bits per heavy atom. The molecule has 1 atom stereocenters. The van der Waals surface area contributed by atoms with Crippen LogP contribution in [0.5, 0.6) is 0 Å². The van der Waals surface area contributed by atoms with Crippen molar-refractivity contribution in [1.29, 1.82) is 0 Å². The number of rotatable bonds is 7. The summed E-state index contributed by atoms with van der Waals surface area (Å²) >= 11 is 3.55. The third-order valence-corrected chi connectivity index (χ3v) is 4.73. The standard InChI is InChI=1S/C15H23BrN2O/c16-14-7-2-1-6-13(14)15(17)8-9-18(10-11-19)12-4-3-5-12/h1-2,6-7,12,15,19H,3-5,8-11,17H2. The summed E-state index contributed by atoms with van der Waals surface area (Å²) in [5.74, 6) is 0. The maximum Gasteiger partial charge on any atom is 0.0558 e. The molecule has 1 aliphatic carbocycles. The van der Waals surface area contributed by atoms with Crippen molar-refractivity contribution < 1.29 is 5.11 Å². The van der Waals surface area contributed by atoms with Gasteiger partial charge in [-0.05, 0) is 30.9 Å². The van der Waals surface area contributed by atoms with E-state index >= 15 is 0 Å². The number of nitrogens with zero attached hydrogens (tertiary/aromatic N) is 1. The summed E-state index contributed by atoms with van der Waals surface area (Å²) in [6, 6.07) is 8.86. The average Bonchev–Trinajstić information content (AvgIpc) is 2.34. The largest absolute Gasteiger partial charge is 0.395 e. The molecular formula is C15H23BrN2O. The molecule has 4 heteroatoms. The van der Waals surface area contributed by atoms with Crippen LogP contribution < -0.4 is 5.73 Å². The van der Waals surface area contributed by atoms with Gasteiger partial charge in [0.15, 0.2) is 0 Å². The van der Waals surface area contributed by atoms with Gasteiger partial charge in [0.25, 0.3) is 0 Å². The van der Waals surface area contributed by atoms with Gasteiger partial charge in [-0.2, -0.15) is 0 Å². The van der Waals surface area contributed by atoms with Gasteiger partial charge in [0.05, 0.1) is 6.61 Å². The zero-order valence-corrected chi connectivity index (χ0v) is 12.8. The van der Waals surface area contributed by atoms with Crippen LogP contribution in [0.4, 0.5) is 0 Å². The first-order valence-electron chi connectivity index (χ1n) is 7.07. The lowest BCUT2D eigenvalue weighted by Crippen LogP contribution is -2.43. The molecule has 0 amide bonds. The summed E-state index contributed by atoms with van der Waals surface area (Å²) in [5, 5.41) is 9.15. The summed E-state index contributed by atoms with van der Waals surface area (Å²) < 4.78 is 1.08. The predicted molar refractivity (Wildman–Crippen MR) is 82.0 cm³/mol. The highest BCUT2D eigenvalue weighted by atomic mass is 79.9. The van der Waals surface area contributed by atoms with E-state index in [2.05, 4.69) is 26.9 Å². The Bertz CT molecular complexity index is 395. The van der Waals surface area contributed by atoms with Crippen molar-refractivity contribution in [3.05, 3.63) is 34.3 Å². The smallest absolute Gasteiger partial charge is 0.0558 e. The van der Waals surface area contributed by atoms with E-state index in [1.807, 2.05) is 18.2 Å². The SMILES string of the molecule is NC(CCN(CCO)C1CCC1)c1ccccc1Br. The van der Waals surface area contributed by atoms with Crippen molar-refractivity contribution in [2.75, 3.05) is 19.7 Å². The molecule has 106 valence electrons. The quantitative estimate of drug-likeness (QED) is 0.809. The summed E-state index contributed by atoms with van der Waals surface area (Å²) in [7, 11) is 0. The van der Waals surface area contributed by atoms with E-state index in [0.717, 1.165) is 24.0 Å². The number of aliphatic hydroxyl groups excluding tert-OH is 1. The zero-order valence-electron chi connectivity index (χ0n) is 11.3. The van der Waals surface area contributed by atoms with Gasteiger partial charge in [0.2, 0.25) is 0 Å². The third-order valence-electron chi connectivity index (χ3n) is 4.01. The van der Waals surface area contributed by atoms with E-state index in [9.17, 15) is 0 Å². The highest BCUT2D eigenvalue weighted by Crippen LogP contribution is 2.27. The maximum absolute atomic E-state index is 9.15. The van der Waals surface area contributed by atoms with Crippen molar-refractivity contribution in [3.63, 3.8) is 0 Å². The van der Waals surface area contributed by atoms with Crippen LogP contribution >= 0.6 is 15.9 Å². The second-order valence-corrected chi connectivity index (χ2v) is 6.12. The second kappa shape index (κ2) is 7.39. The molecule has 1 unspecified atom stereocenters. The van der Waals surface area contributed by atoms with Crippen molar-refractivity contribution in [2.45, 2.75) is 37.8 Å². The molecule has 1 aliphatic rings. The van der Waals surface area contributed by atoms with Gasteiger partial charge in [0, 0.05) is 29.6 Å². The van der Waals surface area contributed by atoms with Crippen molar-refractivity contribution in [3.8, 4) is 0 Å². The Hall–Kier alpha value is -0.420. The predicted octanol–water partition coefficient (Wildman–Crippen LogP) is 2.69.